The Morgan fingerprint density at radius 2 is 1.93 bits per heavy atom. The van der Waals surface area contributed by atoms with Crippen LogP contribution in [0.15, 0.2) is 36.5 Å². The van der Waals surface area contributed by atoms with Crippen LogP contribution in [0.1, 0.15) is 54.1 Å². The number of piperidine rings is 2. The third-order valence-corrected chi connectivity index (χ3v) is 9.88. The second kappa shape index (κ2) is 11.3. The average Bonchev–Trinajstić information content (AvgIpc) is 3.58. The van der Waals surface area contributed by atoms with Crippen molar-refractivity contribution in [2.45, 2.75) is 57.3 Å². The summed E-state index contributed by atoms with van der Waals surface area (Å²) in [5.74, 6) is -0.981. The van der Waals surface area contributed by atoms with Gasteiger partial charge in [-0.05, 0) is 49.9 Å². The molecule has 2 saturated heterocycles. The van der Waals surface area contributed by atoms with Crippen molar-refractivity contribution in [2.75, 3.05) is 18.0 Å². The van der Waals surface area contributed by atoms with Crippen molar-refractivity contribution in [3.8, 4) is 11.3 Å². The van der Waals surface area contributed by atoms with Crippen LogP contribution in [0.2, 0.25) is 10.0 Å². The maximum Gasteiger partial charge on any atom is 0.255 e. The molecular formula is C31H29Cl2FN8O3. The van der Waals surface area contributed by atoms with E-state index in [1.165, 1.54) is 11.0 Å². The van der Waals surface area contributed by atoms with Crippen molar-refractivity contribution in [3.63, 3.8) is 0 Å². The topological polar surface area (TPSA) is 136 Å². The van der Waals surface area contributed by atoms with Crippen LogP contribution in [0.5, 0.6) is 0 Å². The van der Waals surface area contributed by atoms with Crippen LogP contribution in [0.3, 0.4) is 0 Å². The molecule has 0 saturated carbocycles. The summed E-state index contributed by atoms with van der Waals surface area (Å²) in [4.78, 5) is 49.9. The number of rotatable bonds is 6. The predicted molar refractivity (Wildman–Crippen MR) is 166 cm³/mol. The van der Waals surface area contributed by atoms with E-state index in [2.05, 4.69) is 37.6 Å². The first-order chi connectivity index (χ1) is 21.6. The number of anilines is 1. The molecule has 0 aliphatic carbocycles. The van der Waals surface area contributed by atoms with Gasteiger partial charge in [0.1, 0.15) is 23.2 Å². The molecule has 1 unspecified atom stereocenters. The third kappa shape index (κ3) is 5.40. The predicted octanol–water partition coefficient (Wildman–Crippen LogP) is 4.38. The number of aromatic amines is 1. The Bertz CT molecular complexity index is 1870. The van der Waals surface area contributed by atoms with Gasteiger partial charge in [0.25, 0.3) is 5.91 Å². The van der Waals surface area contributed by atoms with Crippen molar-refractivity contribution < 1.29 is 18.8 Å². The quantitative estimate of drug-likeness (QED) is 0.262. The fraction of sp³-hybridized carbons (Fsp3) is 0.355. The molecule has 0 radical (unpaired) electrons. The van der Waals surface area contributed by atoms with Crippen LogP contribution in [-0.4, -0.2) is 67.5 Å². The number of amides is 3. The molecule has 3 aliphatic rings. The molecule has 2 fully saturated rings. The van der Waals surface area contributed by atoms with Gasteiger partial charge in [0, 0.05) is 54.8 Å². The molecule has 3 amide bonds. The van der Waals surface area contributed by atoms with Gasteiger partial charge >= 0.3 is 0 Å². The van der Waals surface area contributed by atoms with Gasteiger partial charge in [-0.1, -0.05) is 35.3 Å². The zero-order valence-corrected chi connectivity index (χ0v) is 25.8. The Hall–Kier alpha value is -4.13. The van der Waals surface area contributed by atoms with Crippen LogP contribution >= 0.6 is 23.2 Å². The summed E-state index contributed by atoms with van der Waals surface area (Å²) in [6, 6.07) is 7.62. The highest BCUT2D eigenvalue weighted by molar-refractivity contribution is 6.43. The van der Waals surface area contributed by atoms with Crippen molar-refractivity contribution >= 4 is 57.9 Å². The van der Waals surface area contributed by atoms with Crippen LogP contribution in [0.4, 0.5) is 10.2 Å². The van der Waals surface area contributed by atoms with E-state index in [1.807, 2.05) is 12.1 Å². The number of nitrogens with one attached hydrogen (secondary N) is 3. The number of hydrogen-bond donors (Lipinski definition) is 3. The first-order valence-electron chi connectivity index (χ1n) is 14.7. The van der Waals surface area contributed by atoms with E-state index in [1.54, 1.807) is 18.3 Å². The standard InChI is InChI=1S/C31H29Cl2FN8O3/c1-31(36-13-16-11-17-15-42(30(45)19(17)12-21(16)34)22-5-6-24(43)38-29(22)44)7-9-41(10-8-31)23-14-35-27-26(39-40-28(27)37-23)18-3-2-4-20(32)25(18)33/h2-4,11-12,14,22,36H,5-10,13,15H2,1H3,(H,37,39,40)(H,38,43,44). The molecule has 0 spiro atoms. The highest BCUT2D eigenvalue weighted by atomic mass is 35.5. The first-order valence-corrected chi connectivity index (χ1v) is 15.5. The molecule has 11 nitrogen and oxygen atoms in total. The number of aromatic nitrogens is 4. The maximum atomic E-state index is 15.2. The van der Waals surface area contributed by atoms with Crippen molar-refractivity contribution in [2.24, 2.45) is 0 Å². The summed E-state index contributed by atoms with van der Waals surface area (Å²) < 4.78 is 15.2. The largest absolute Gasteiger partial charge is 0.355 e. The number of benzene rings is 2. The molecule has 14 heteroatoms. The van der Waals surface area contributed by atoms with Gasteiger partial charge in [0.05, 0.1) is 21.9 Å². The summed E-state index contributed by atoms with van der Waals surface area (Å²) in [6.07, 6.45) is 3.72. The highest BCUT2D eigenvalue weighted by Crippen LogP contribution is 2.36. The fourth-order valence-corrected chi connectivity index (χ4v) is 6.71. The summed E-state index contributed by atoms with van der Waals surface area (Å²) in [5, 5.41) is 14.0. The van der Waals surface area contributed by atoms with Gasteiger partial charge < -0.3 is 15.1 Å². The van der Waals surface area contributed by atoms with Gasteiger partial charge in [-0.3, -0.25) is 24.8 Å². The molecule has 5 heterocycles. The molecule has 0 bridgehead atoms. The molecule has 1 atom stereocenters. The molecule has 7 rings (SSSR count). The first kappa shape index (κ1) is 29.6. The number of carbonyl (C=O) groups excluding carboxylic acids is 3. The number of H-pyrrole nitrogens is 1. The summed E-state index contributed by atoms with van der Waals surface area (Å²) >= 11 is 12.6. The van der Waals surface area contributed by atoms with Gasteiger partial charge in [-0.15, -0.1) is 0 Å². The number of carbonyl (C=O) groups is 3. The average molecular weight is 652 g/mol. The normalized spacial score (nSPS) is 19.7. The second-order valence-electron chi connectivity index (χ2n) is 12.0. The minimum absolute atomic E-state index is 0.167. The van der Waals surface area contributed by atoms with Crippen LogP contribution in [0, 0.1) is 5.82 Å². The number of fused-ring (bicyclic) bond motifs is 2. The minimum Gasteiger partial charge on any atom is -0.355 e. The molecule has 3 N–H and O–H groups in total. The van der Waals surface area contributed by atoms with E-state index in [4.69, 9.17) is 28.2 Å². The van der Waals surface area contributed by atoms with E-state index in [0.29, 0.717) is 56.7 Å². The fourth-order valence-electron chi connectivity index (χ4n) is 6.31. The number of hydrogen-bond acceptors (Lipinski definition) is 8. The Morgan fingerprint density at radius 1 is 1.13 bits per heavy atom. The number of nitrogens with zero attached hydrogens (tertiary/aromatic N) is 5. The summed E-state index contributed by atoms with van der Waals surface area (Å²) in [6.45, 7) is 4.03. The molecule has 45 heavy (non-hydrogen) atoms. The Balaban J connectivity index is 0.995. The highest BCUT2D eigenvalue weighted by Gasteiger charge is 2.40. The van der Waals surface area contributed by atoms with E-state index in [9.17, 15) is 14.4 Å². The number of imide groups is 1. The molecule has 2 aromatic carbocycles. The van der Waals surface area contributed by atoms with E-state index < -0.39 is 23.7 Å². The van der Waals surface area contributed by atoms with Crippen LogP contribution in [0.25, 0.3) is 22.4 Å². The molecule has 3 aliphatic heterocycles. The van der Waals surface area contributed by atoms with Crippen molar-refractivity contribution in [1.82, 2.24) is 35.7 Å². The smallest absolute Gasteiger partial charge is 0.255 e. The lowest BCUT2D eigenvalue weighted by atomic mass is 9.89. The molecule has 2 aromatic heterocycles. The van der Waals surface area contributed by atoms with E-state index in [0.717, 1.165) is 18.7 Å². The Morgan fingerprint density at radius 3 is 2.71 bits per heavy atom. The Labute approximate surface area is 267 Å². The van der Waals surface area contributed by atoms with Gasteiger partial charge in [0.15, 0.2) is 0 Å². The number of halogens is 3. The van der Waals surface area contributed by atoms with Gasteiger partial charge in [-0.25, -0.2) is 14.4 Å². The lowest BCUT2D eigenvalue weighted by Crippen LogP contribution is -2.52. The van der Waals surface area contributed by atoms with Gasteiger partial charge in [0.2, 0.25) is 17.5 Å². The zero-order valence-electron chi connectivity index (χ0n) is 24.3. The SMILES string of the molecule is CC1(NCc2cc3c(cc2F)C(=O)N(C2CCC(=O)NC2=O)C3)CCN(c2cnc3c(-c4cccc(Cl)c4Cl)[nH]nc3n2)CC1. The maximum absolute atomic E-state index is 15.2. The minimum atomic E-state index is -0.738. The van der Waals surface area contributed by atoms with Gasteiger partial charge in [-0.2, -0.15) is 5.10 Å². The second-order valence-corrected chi connectivity index (χ2v) is 12.8. The van der Waals surface area contributed by atoms with Crippen molar-refractivity contribution in [3.05, 3.63) is 69.1 Å². The van der Waals surface area contributed by atoms with Crippen molar-refractivity contribution in [1.29, 1.82) is 0 Å². The lowest BCUT2D eigenvalue weighted by molar-refractivity contribution is -0.136. The molecule has 232 valence electrons. The monoisotopic (exact) mass is 650 g/mol. The summed E-state index contributed by atoms with van der Waals surface area (Å²) in [5.41, 5.74) is 3.58. The van der Waals surface area contributed by atoms with Crippen LogP contribution < -0.4 is 15.5 Å². The van der Waals surface area contributed by atoms with E-state index in [-0.39, 0.29) is 42.9 Å². The Kier molecular flexibility index (Phi) is 7.46. The van der Waals surface area contributed by atoms with E-state index >= 15 is 4.39 Å². The van der Waals surface area contributed by atoms with Crippen LogP contribution in [-0.2, 0) is 22.7 Å². The lowest BCUT2D eigenvalue weighted by Gasteiger charge is -2.40. The summed E-state index contributed by atoms with van der Waals surface area (Å²) in [7, 11) is 0. The molecule has 4 aromatic rings. The zero-order chi connectivity index (χ0) is 31.5. The molecular weight excluding hydrogens is 622 g/mol. The third-order valence-electron chi connectivity index (χ3n) is 9.06.